The maximum atomic E-state index is 4.18. The van der Waals surface area contributed by atoms with Gasteiger partial charge in [0.05, 0.1) is 0 Å². The van der Waals surface area contributed by atoms with Crippen LogP contribution >= 0.6 is 23.3 Å². The zero-order chi connectivity index (χ0) is 13.0. The molecule has 0 fully saturated rings. The predicted octanol–water partition coefficient (Wildman–Crippen LogP) is 3.50. The molecule has 1 aromatic heterocycles. The molecule has 0 atom stereocenters. The highest BCUT2D eigenvalue weighted by Crippen LogP contribution is 2.29. The molecule has 2 aromatic rings. The highest BCUT2D eigenvalue weighted by Gasteiger charge is 2.04. The van der Waals surface area contributed by atoms with Crippen LogP contribution in [0, 0.1) is 6.92 Å². The molecule has 0 amide bonds. The fraction of sp³-hybridized carbons (Fsp3) is 0.385. The SMILES string of the molecule is Cc1cc(Sc2ncns2)ccc1CNC(C)C. The molecule has 1 N–H and O–H groups in total. The van der Waals surface area contributed by atoms with Gasteiger partial charge in [0.2, 0.25) is 0 Å². The van der Waals surface area contributed by atoms with Gasteiger partial charge in [0.25, 0.3) is 0 Å². The van der Waals surface area contributed by atoms with E-state index < -0.39 is 0 Å². The van der Waals surface area contributed by atoms with Gasteiger partial charge in [0, 0.05) is 17.5 Å². The normalized spacial score (nSPS) is 11.1. The standard InChI is InChI=1S/C13H17N3S2/c1-9(2)14-7-11-4-5-12(6-10(11)3)17-13-15-8-16-18-13/h4-6,8-9,14H,7H2,1-3H3. The van der Waals surface area contributed by atoms with Crippen LogP contribution in [-0.2, 0) is 6.54 Å². The van der Waals surface area contributed by atoms with Gasteiger partial charge in [-0.05, 0) is 41.7 Å². The van der Waals surface area contributed by atoms with Gasteiger partial charge >= 0.3 is 0 Å². The Morgan fingerprint density at radius 2 is 2.22 bits per heavy atom. The Kier molecular flexibility index (Phi) is 4.74. The van der Waals surface area contributed by atoms with Crippen molar-refractivity contribution in [2.24, 2.45) is 0 Å². The molecule has 0 aliphatic carbocycles. The summed E-state index contributed by atoms with van der Waals surface area (Å²) in [5.41, 5.74) is 2.67. The topological polar surface area (TPSA) is 37.8 Å². The average molecular weight is 279 g/mol. The van der Waals surface area contributed by atoms with E-state index in [1.165, 1.54) is 27.6 Å². The molecule has 5 heteroatoms. The van der Waals surface area contributed by atoms with Crippen molar-refractivity contribution < 1.29 is 0 Å². The first-order valence-corrected chi connectivity index (χ1v) is 7.51. The Balaban J connectivity index is 2.05. The fourth-order valence-corrected chi connectivity index (χ4v) is 3.07. The molecular formula is C13H17N3S2. The quantitative estimate of drug-likeness (QED) is 0.909. The molecule has 0 unspecified atom stereocenters. The Bertz CT molecular complexity index is 495. The summed E-state index contributed by atoms with van der Waals surface area (Å²) in [5, 5.41) is 3.44. The van der Waals surface area contributed by atoms with Gasteiger partial charge in [-0.25, -0.2) is 4.98 Å². The summed E-state index contributed by atoms with van der Waals surface area (Å²) in [6.45, 7) is 7.40. The second-order valence-corrected chi connectivity index (χ2v) is 6.53. The van der Waals surface area contributed by atoms with Crippen molar-refractivity contribution >= 4 is 23.3 Å². The van der Waals surface area contributed by atoms with E-state index >= 15 is 0 Å². The van der Waals surface area contributed by atoms with E-state index in [4.69, 9.17) is 0 Å². The Morgan fingerprint density at radius 3 is 2.83 bits per heavy atom. The maximum Gasteiger partial charge on any atom is 0.174 e. The van der Waals surface area contributed by atoms with Gasteiger partial charge in [-0.3, -0.25) is 0 Å². The lowest BCUT2D eigenvalue weighted by molar-refractivity contribution is 0.587. The predicted molar refractivity (Wildman–Crippen MR) is 77.2 cm³/mol. The van der Waals surface area contributed by atoms with E-state index in [1.54, 1.807) is 18.1 Å². The van der Waals surface area contributed by atoms with Gasteiger partial charge in [-0.15, -0.1) is 0 Å². The van der Waals surface area contributed by atoms with Gasteiger partial charge in [0.15, 0.2) is 4.34 Å². The van der Waals surface area contributed by atoms with Crippen LogP contribution in [-0.4, -0.2) is 15.4 Å². The van der Waals surface area contributed by atoms with Crippen molar-refractivity contribution in [2.45, 2.75) is 42.6 Å². The summed E-state index contributed by atoms with van der Waals surface area (Å²) in [7, 11) is 0. The summed E-state index contributed by atoms with van der Waals surface area (Å²) in [6.07, 6.45) is 1.60. The first-order valence-electron chi connectivity index (χ1n) is 5.92. The highest BCUT2D eigenvalue weighted by atomic mass is 32.2. The number of hydrogen-bond donors (Lipinski definition) is 1. The molecule has 0 aliphatic heterocycles. The number of nitrogens with zero attached hydrogens (tertiary/aromatic N) is 2. The van der Waals surface area contributed by atoms with Crippen LogP contribution in [0.25, 0.3) is 0 Å². The molecule has 0 spiro atoms. The van der Waals surface area contributed by atoms with E-state index in [1.807, 2.05) is 0 Å². The van der Waals surface area contributed by atoms with Gasteiger partial charge in [0.1, 0.15) is 6.33 Å². The van der Waals surface area contributed by atoms with Crippen LogP contribution < -0.4 is 5.32 Å². The molecule has 1 heterocycles. The minimum atomic E-state index is 0.514. The molecule has 1 aromatic carbocycles. The first-order chi connectivity index (χ1) is 8.65. The van der Waals surface area contributed by atoms with Gasteiger partial charge in [-0.1, -0.05) is 31.7 Å². The number of nitrogens with one attached hydrogen (secondary N) is 1. The second-order valence-electron chi connectivity index (χ2n) is 4.43. The smallest absolute Gasteiger partial charge is 0.174 e. The number of hydrogen-bond acceptors (Lipinski definition) is 5. The second kappa shape index (κ2) is 6.31. The summed E-state index contributed by atoms with van der Waals surface area (Å²) in [5.74, 6) is 0. The van der Waals surface area contributed by atoms with Crippen LogP contribution in [0.2, 0.25) is 0 Å². The third kappa shape index (κ3) is 3.80. The summed E-state index contributed by atoms with van der Waals surface area (Å²) >= 11 is 3.10. The molecule has 96 valence electrons. The molecule has 0 saturated carbocycles. The number of aryl methyl sites for hydroxylation is 1. The molecule has 0 saturated heterocycles. The lowest BCUT2D eigenvalue weighted by Gasteiger charge is -2.11. The third-order valence-electron chi connectivity index (χ3n) is 2.56. The number of aromatic nitrogens is 2. The monoisotopic (exact) mass is 279 g/mol. The van der Waals surface area contributed by atoms with Crippen molar-refractivity contribution in [3.63, 3.8) is 0 Å². The van der Waals surface area contributed by atoms with Crippen molar-refractivity contribution in [1.82, 2.24) is 14.7 Å². The molecular weight excluding hydrogens is 262 g/mol. The van der Waals surface area contributed by atoms with E-state index in [0.717, 1.165) is 10.9 Å². The van der Waals surface area contributed by atoms with Crippen LogP contribution in [0.4, 0.5) is 0 Å². The molecule has 0 aliphatic rings. The third-order valence-corrected chi connectivity index (χ3v) is 4.27. The van der Waals surface area contributed by atoms with E-state index in [9.17, 15) is 0 Å². The fourth-order valence-electron chi connectivity index (χ4n) is 1.55. The van der Waals surface area contributed by atoms with Crippen molar-refractivity contribution in [1.29, 1.82) is 0 Å². The zero-order valence-electron chi connectivity index (χ0n) is 10.8. The molecule has 0 radical (unpaired) electrons. The Hall–Kier alpha value is -0.910. The highest BCUT2D eigenvalue weighted by molar-refractivity contribution is 8.01. The molecule has 0 bridgehead atoms. The average Bonchev–Trinajstić information content (AvgIpc) is 2.80. The zero-order valence-corrected chi connectivity index (χ0v) is 12.4. The van der Waals surface area contributed by atoms with Crippen LogP contribution in [0.5, 0.6) is 0 Å². The van der Waals surface area contributed by atoms with Crippen LogP contribution in [0.1, 0.15) is 25.0 Å². The van der Waals surface area contributed by atoms with Crippen molar-refractivity contribution in [2.75, 3.05) is 0 Å². The summed E-state index contributed by atoms with van der Waals surface area (Å²) < 4.78 is 5.00. The minimum Gasteiger partial charge on any atom is -0.310 e. The van der Waals surface area contributed by atoms with Crippen molar-refractivity contribution in [3.8, 4) is 0 Å². The largest absolute Gasteiger partial charge is 0.310 e. The summed E-state index contributed by atoms with van der Waals surface area (Å²) in [6, 6.07) is 7.06. The first kappa shape index (κ1) is 13.5. The molecule has 3 nitrogen and oxygen atoms in total. The van der Waals surface area contributed by atoms with Gasteiger partial charge < -0.3 is 5.32 Å². The van der Waals surface area contributed by atoms with E-state index in [-0.39, 0.29) is 0 Å². The lowest BCUT2D eigenvalue weighted by Crippen LogP contribution is -2.22. The summed E-state index contributed by atoms with van der Waals surface area (Å²) in [4.78, 5) is 5.40. The maximum absolute atomic E-state index is 4.18. The van der Waals surface area contributed by atoms with Crippen molar-refractivity contribution in [3.05, 3.63) is 35.7 Å². The van der Waals surface area contributed by atoms with Gasteiger partial charge in [-0.2, -0.15) is 4.37 Å². The lowest BCUT2D eigenvalue weighted by atomic mass is 10.1. The van der Waals surface area contributed by atoms with Crippen LogP contribution in [0.15, 0.2) is 33.8 Å². The minimum absolute atomic E-state index is 0.514. The number of rotatable bonds is 5. The Morgan fingerprint density at radius 1 is 1.39 bits per heavy atom. The van der Waals surface area contributed by atoms with Crippen LogP contribution in [0.3, 0.4) is 0 Å². The van der Waals surface area contributed by atoms with E-state index in [2.05, 4.69) is 53.6 Å². The molecule has 2 rings (SSSR count). The molecule has 18 heavy (non-hydrogen) atoms. The Labute approximate surface area is 116 Å². The van der Waals surface area contributed by atoms with E-state index in [0.29, 0.717) is 6.04 Å². The number of benzene rings is 1.